The fourth-order valence-electron chi connectivity index (χ4n) is 5.00. The number of nitrogens with one attached hydrogen (secondary N) is 3. The normalized spacial score (nSPS) is 14.6. The Balaban J connectivity index is 1.59. The number of carbonyl (C=O) groups excluding carboxylic acids is 2. The number of carbonyl (C=O) groups is 2. The van der Waals surface area contributed by atoms with Crippen LogP contribution in [-0.4, -0.2) is 46.9 Å². The van der Waals surface area contributed by atoms with Gasteiger partial charge < -0.3 is 20.1 Å². The molecule has 0 spiro atoms. The first-order chi connectivity index (χ1) is 19.5. The quantitative estimate of drug-likeness (QED) is 0.246. The van der Waals surface area contributed by atoms with E-state index < -0.39 is 0 Å². The van der Waals surface area contributed by atoms with E-state index in [1.807, 2.05) is 26.0 Å². The van der Waals surface area contributed by atoms with Crippen molar-refractivity contribution in [2.24, 2.45) is 5.92 Å². The van der Waals surface area contributed by atoms with Crippen LogP contribution in [0.15, 0.2) is 42.7 Å². The molecule has 1 aromatic heterocycles. The summed E-state index contributed by atoms with van der Waals surface area (Å²) in [6.45, 7) is 11.1. The van der Waals surface area contributed by atoms with Crippen LogP contribution in [-0.2, 0) is 5.41 Å². The van der Waals surface area contributed by atoms with E-state index in [1.54, 1.807) is 36.3 Å². The van der Waals surface area contributed by atoms with E-state index in [0.717, 1.165) is 22.5 Å². The zero-order chi connectivity index (χ0) is 29.7. The Morgan fingerprint density at radius 3 is 2.46 bits per heavy atom. The molecule has 1 heterocycles. The fourth-order valence-corrected chi connectivity index (χ4v) is 5.62. The SMILES string of the molecule is C/C=S(\C)Nc1cc(C(C)(C)C)cc(NC(=O)c2ccc(C)c(-n3cc(C(=O)NCC4CCCC4)cn3)c2)c1OC. The Labute approximate surface area is 246 Å². The topological polar surface area (TPSA) is 97.3 Å². The van der Waals surface area contributed by atoms with Crippen molar-refractivity contribution in [1.29, 1.82) is 0 Å². The van der Waals surface area contributed by atoms with E-state index in [9.17, 15) is 9.59 Å². The highest BCUT2D eigenvalue weighted by Crippen LogP contribution is 2.40. The number of amides is 2. The summed E-state index contributed by atoms with van der Waals surface area (Å²) >= 11 is 0. The van der Waals surface area contributed by atoms with Crippen molar-refractivity contribution >= 4 is 39.2 Å². The lowest BCUT2D eigenvalue weighted by atomic mass is 9.86. The van der Waals surface area contributed by atoms with E-state index in [1.165, 1.54) is 25.7 Å². The van der Waals surface area contributed by atoms with Crippen LogP contribution in [0.1, 0.15) is 85.2 Å². The molecule has 0 saturated heterocycles. The van der Waals surface area contributed by atoms with Gasteiger partial charge >= 0.3 is 0 Å². The largest absolute Gasteiger partial charge is 0.492 e. The minimum absolute atomic E-state index is 0.124. The summed E-state index contributed by atoms with van der Waals surface area (Å²) in [6, 6.07) is 9.55. The predicted octanol–water partition coefficient (Wildman–Crippen LogP) is 6.71. The Morgan fingerprint density at radius 2 is 1.80 bits per heavy atom. The molecule has 9 heteroatoms. The highest BCUT2D eigenvalue weighted by molar-refractivity contribution is 8.15. The van der Waals surface area contributed by atoms with E-state index >= 15 is 0 Å². The van der Waals surface area contributed by atoms with Crippen molar-refractivity contribution in [1.82, 2.24) is 15.1 Å². The van der Waals surface area contributed by atoms with Gasteiger partial charge in [0.2, 0.25) is 0 Å². The van der Waals surface area contributed by atoms with Crippen LogP contribution in [0.25, 0.3) is 5.69 Å². The first-order valence-corrected chi connectivity index (χ1v) is 15.9. The smallest absolute Gasteiger partial charge is 0.255 e. The molecule has 3 aromatic rings. The molecule has 0 bridgehead atoms. The number of methoxy groups -OCH3 is 1. The van der Waals surface area contributed by atoms with Gasteiger partial charge in [-0.1, -0.05) is 39.7 Å². The average molecular weight is 578 g/mol. The number of rotatable bonds is 9. The maximum atomic E-state index is 13.6. The highest BCUT2D eigenvalue weighted by Gasteiger charge is 2.22. The minimum Gasteiger partial charge on any atom is -0.492 e. The molecule has 0 radical (unpaired) electrons. The number of nitrogens with zero attached hydrogens (tertiary/aromatic N) is 2. The summed E-state index contributed by atoms with van der Waals surface area (Å²) in [4.78, 5) is 26.3. The molecule has 2 amide bonds. The molecule has 1 atom stereocenters. The molecule has 41 heavy (non-hydrogen) atoms. The van der Waals surface area contributed by atoms with Gasteiger partial charge in [0.1, 0.15) is 0 Å². The second kappa shape index (κ2) is 12.9. The molecule has 220 valence electrons. The second-order valence-electron chi connectivity index (χ2n) is 11.7. The molecule has 8 nitrogen and oxygen atoms in total. The van der Waals surface area contributed by atoms with Crippen LogP contribution in [0, 0.1) is 12.8 Å². The maximum Gasteiger partial charge on any atom is 0.255 e. The van der Waals surface area contributed by atoms with Gasteiger partial charge in [-0.05, 0) is 85.0 Å². The van der Waals surface area contributed by atoms with Gasteiger partial charge in [-0.15, -0.1) is 10.7 Å². The van der Waals surface area contributed by atoms with Crippen molar-refractivity contribution in [2.45, 2.75) is 65.7 Å². The zero-order valence-corrected chi connectivity index (χ0v) is 26.1. The summed E-state index contributed by atoms with van der Waals surface area (Å²) in [6.07, 6.45) is 10.2. The second-order valence-corrected chi connectivity index (χ2v) is 13.5. The number of ether oxygens (including phenoxy) is 1. The van der Waals surface area contributed by atoms with Crippen molar-refractivity contribution in [3.05, 3.63) is 65.0 Å². The van der Waals surface area contributed by atoms with Gasteiger partial charge in [-0.2, -0.15) is 5.10 Å². The Morgan fingerprint density at radius 1 is 1.10 bits per heavy atom. The predicted molar refractivity (Wildman–Crippen MR) is 171 cm³/mol. The number of aryl methyl sites for hydroxylation is 1. The Kier molecular flexibility index (Phi) is 9.58. The van der Waals surface area contributed by atoms with Crippen LogP contribution in [0.2, 0.25) is 0 Å². The molecule has 1 aliphatic rings. The van der Waals surface area contributed by atoms with Crippen molar-refractivity contribution in [3.8, 4) is 11.4 Å². The molecule has 3 N–H and O–H groups in total. The van der Waals surface area contributed by atoms with E-state index in [0.29, 0.717) is 35.0 Å². The molecular formula is C32H43N5O3S. The van der Waals surface area contributed by atoms with Gasteiger partial charge in [-0.25, -0.2) is 4.68 Å². The lowest BCUT2D eigenvalue weighted by molar-refractivity contribution is 0.0946. The molecule has 1 fully saturated rings. The monoisotopic (exact) mass is 577 g/mol. The van der Waals surface area contributed by atoms with Gasteiger partial charge in [0.15, 0.2) is 5.75 Å². The van der Waals surface area contributed by atoms with E-state index in [4.69, 9.17) is 4.74 Å². The van der Waals surface area contributed by atoms with Crippen LogP contribution < -0.4 is 20.1 Å². The summed E-state index contributed by atoms with van der Waals surface area (Å²) < 4.78 is 10.9. The van der Waals surface area contributed by atoms with Crippen LogP contribution >= 0.6 is 10.7 Å². The molecule has 1 unspecified atom stereocenters. The molecule has 4 rings (SSSR count). The number of hydrogen-bond donors (Lipinski definition) is 3. The number of benzene rings is 2. The summed E-state index contributed by atoms with van der Waals surface area (Å²) in [5.41, 5.74) is 5.02. The summed E-state index contributed by atoms with van der Waals surface area (Å²) in [5.74, 6) is 0.761. The Hall–Kier alpha value is -3.59. The zero-order valence-electron chi connectivity index (χ0n) is 25.3. The third kappa shape index (κ3) is 7.38. The van der Waals surface area contributed by atoms with E-state index in [2.05, 4.69) is 58.9 Å². The van der Waals surface area contributed by atoms with Crippen molar-refractivity contribution in [2.75, 3.05) is 29.9 Å². The lowest BCUT2D eigenvalue weighted by Crippen LogP contribution is -2.28. The molecular weight excluding hydrogens is 534 g/mol. The first-order valence-electron chi connectivity index (χ1n) is 14.2. The van der Waals surface area contributed by atoms with Gasteiger partial charge in [0.25, 0.3) is 11.8 Å². The van der Waals surface area contributed by atoms with Crippen LogP contribution in [0.4, 0.5) is 11.4 Å². The van der Waals surface area contributed by atoms with Crippen molar-refractivity contribution < 1.29 is 14.3 Å². The molecule has 1 saturated carbocycles. The van der Waals surface area contributed by atoms with Gasteiger partial charge in [-0.3, -0.25) is 9.59 Å². The first kappa shape index (κ1) is 30.4. The third-order valence-corrected chi connectivity index (χ3v) is 8.87. The standard InChI is InChI=1S/C32H43N5O3S/c1-8-41(7)36-27-17-25(32(3,4)5)16-26(29(27)40-6)35-31(39)23-14-13-21(2)28(15-23)37-20-24(19-34-37)30(38)33-18-22-11-9-10-12-22/h8,13-17,19-20,22,36H,9-12,18H2,1-7H3,(H,33,38)(H,35,39). The molecule has 0 aliphatic heterocycles. The molecule has 1 aliphatic carbocycles. The number of hydrogen-bond acceptors (Lipinski definition) is 5. The van der Waals surface area contributed by atoms with Gasteiger partial charge in [0, 0.05) is 18.3 Å². The average Bonchev–Trinajstić information content (AvgIpc) is 3.64. The lowest BCUT2D eigenvalue weighted by Gasteiger charge is -2.24. The summed E-state index contributed by atoms with van der Waals surface area (Å²) in [7, 11) is 1.44. The van der Waals surface area contributed by atoms with Crippen molar-refractivity contribution in [3.63, 3.8) is 0 Å². The third-order valence-electron chi connectivity index (χ3n) is 7.62. The number of aromatic nitrogens is 2. The summed E-state index contributed by atoms with van der Waals surface area (Å²) in [5, 5.41) is 12.7. The Bertz CT molecular complexity index is 1450. The van der Waals surface area contributed by atoms with E-state index in [-0.39, 0.29) is 27.9 Å². The molecule has 2 aromatic carbocycles. The number of anilines is 2. The van der Waals surface area contributed by atoms with Crippen LogP contribution in [0.5, 0.6) is 5.75 Å². The fraction of sp³-hybridized carbons (Fsp3) is 0.438. The maximum absolute atomic E-state index is 13.6. The highest BCUT2D eigenvalue weighted by atomic mass is 32.2. The van der Waals surface area contributed by atoms with Gasteiger partial charge in [0.05, 0.1) is 35.9 Å². The minimum atomic E-state index is -0.263. The van der Waals surface area contributed by atoms with Crippen LogP contribution in [0.3, 0.4) is 0 Å².